The summed E-state index contributed by atoms with van der Waals surface area (Å²) in [6.07, 6.45) is 6.95. The van der Waals surface area contributed by atoms with Crippen molar-refractivity contribution in [1.82, 2.24) is 4.98 Å². The SMILES string of the molecule is CC(C)Oc1cncc(C(=O)C2CC3CC3C2)c1. The van der Waals surface area contributed by atoms with E-state index in [9.17, 15) is 4.79 Å². The molecule has 3 rings (SSSR count). The minimum absolute atomic E-state index is 0.108. The fourth-order valence-electron chi connectivity index (χ4n) is 3.05. The normalized spacial score (nSPS) is 29.2. The van der Waals surface area contributed by atoms with Crippen molar-refractivity contribution < 1.29 is 9.53 Å². The number of pyridine rings is 1. The van der Waals surface area contributed by atoms with Crippen molar-refractivity contribution in [1.29, 1.82) is 0 Å². The van der Waals surface area contributed by atoms with Crippen molar-refractivity contribution in [2.45, 2.75) is 39.2 Å². The molecule has 96 valence electrons. The lowest BCUT2D eigenvalue weighted by atomic mass is 9.94. The second-order valence-corrected chi connectivity index (χ2v) is 5.86. The summed E-state index contributed by atoms with van der Waals surface area (Å²) < 4.78 is 5.58. The fraction of sp³-hybridized carbons (Fsp3) is 0.600. The number of fused-ring (bicyclic) bond motifs is 1. The molecule has 0 radical (unpaired) electrons. The molecule has 2 aliphatic rings. The van der Waals surface area contributed by atoms with Crippen molar-refractivity contribution >= 4 is 5.78 Å². The van der Waals surface area contributed by atoms with Gasteiger partial charge in [0, 0.05) is 17.7 Å². The van der Waals surface area contributed by atoms with Gasteiger partial charge in [-0.2, -0.15) is 0 Å². The number of carbonyl (C=O) groups is 1. The Morgan fingerprint density at radius 1 is 1.28 bits per heavy atom. The lowest BCUT2D eigenvalue weighted by Gasteiger charge is -2.12. The fourth-order valence-corrected chi connectivity index (χ4v) is 3.05. The molecule has 0 amide bonds. The van der Waals surface area contributed by atoms with E-state index in [0.29, 0.717) is 11.3 Å². The summed E-state index contributed by atoms with van der Waals surface area (Å²) in [4.78, 5) is 16.5. The number of hydrogen-bond acceptors (Lipinski definition) is 3. The summed E-state index contributed by atoms with van der Waals surface area (Å²) in [5.74, 6) is 2.84. The number of nitrogens with zero attached hydrogens (tertiary/aromatic N) is 1. The number of aromatic nitrogens is 1. The lowest BCUT2D eigenvalue weighted by molar-refractivity contribution is 0.0913. The Hall–Kier alpha value is -1.38. The molecular formula is C15H19NO2. The molecule has 0 saturated heterocycles. The zero-order valence-electron chi connectivity index (χ0n) is 10.9. The summed E-state index contributed by atoms with van der Waals surface area (Å²) >= 11 is 0. The second kappa shape index (κ2) is 4.38. The highest BCUT2D eigenvalue weighted by atomic mass is 16.5. The van der Waals surface area contributed by atoms with Crippen LogP contribution < -0.4 is 4.74 Å². The van der Waals surface area contributed by atoms with Crippen LogP contribution in [0.25, 0.3) is 0 Å². The Kier molecular flexibility index (Phi) is 2.84. The van der Waals surface area contributed by atoms with Crippen LogP contribution in [0.3, 0.4) is 0 Å². The average molecular weight is 245 g/mol. The van der Waals surface area contributed by atoms with Crippen molar-refractivity contribution in [3.8, 4) is 5.75 Å². The minimum Gasteiger partial charge on any atom is -0.489 e. The lowest BCUT2D eigenvalue weighted by Crippen LogP contribution is -2.14. The van der Waals surface area contributed by atoms with E-state index in [0.717, 1.165) is 24.7 Å². The van der Waals surface area contributed by atoms with Gasteiger partial charge in [-0.05, 0) is 51.0 Å². The van der Waals surface area contributed by atoms with E-state index in [1.165, 1.54) is 6.42 Å². The Bertz CT molecular complexity index is 459. The van der Waals surface area contributed by atoms with Gasteiger partial charge >= 0.3 is 0 Å². The van der Waals surface area contributed by atoms with E-state index in [1.807, 2.05) is 19.9 Å². The second-order valence-electron chi connectivity index (χ2n) is 5.86. The van der Waals surface area contributed by atoms with Gasteiger partial charge in [-0.15, -0.1) is 0 Å². The average Bonchev–Trinajstić information content (AvgIpc) is 2.95. The zero-order valence-corrected chi connectivity index (χ0v) is 10.9. The highest BCUT2D eigenvalue weighted by molar-refractivity contribution is 5.98. The third kappa shape index (κ3) is 2.26. The van der Waals surface area contributed by atoms with E-state index >= 15 is 0 Å². The van der Waals surface area contributed by atoms with Crippen molar-refractivity contribution in [3.63, 3.8) is 0 Å². The van der Waals surface area contributed by atoms with Gasteiger partial charge in [-0.3, -0.25) is 9.78 Å². The first kappa shape index (κ1) is 11.7. The van der Waals surface area contributed by atoms with Gasteiger partial charge in [-0.1, -0.05) is 0 Å². The number of hydrogen-bond donors (Lipinski definition) is 0. The number of Topliss-reactive ketones (excluding diaryl/α,β-unsaturated/α-hetero) is 1. The number of ketones is 1. The topological polar surface area (TPSA) is 39.2 Å². The molecule has 3 nitrogen and oxygen atoms in total. The van der Waals surface area contributed by atoms with Gasteiger partial charge in [0.2, 0.25) is 0 Å². The molecule has 1 heterocycles. The zero-order chi connectivity index (χ0) is 12.7. The Labute approximate surface area is 108 Å². The van der Waals surface area contributed by atoms with Gasteiger partial charge < -0.3 is 4.74 Å². The van der Waals surface area contributed by atoms with Crippen LogP contribution in [-0.4, -0.2) is 16.9 Å². The molecule has 0 N–H and O–H groups in total. The molecule has 2 saturated carbocycles. The number of carbonyl (C=O) groups excluding carboxylic acids is 1. The molecule has 0 spiro atoms. The quantitative estimate of drug-likeness (QED) is 0.765. The van der Waals surface area contributed by atoms with Gasteiger partial charge in [0.05, 0.1) is 12.3 Å². The molecule has 1 aromatic rings. The van der Waals surface area contributed by atoms with Crippen molar-refractivity contribution in [3.05, 3.63) is 24.0 Å². The smallest absolute Gasteiger partial charge is 0.167 e. The van der Waals surface area contributed by atoms with Crippen molar-refractivity contribution in [2.24, 2.45) is 17.8 Å². The maximum atomic E-state index is 12.4. The van der Waals surface area contributed by atoms with Crippen LogP contribution in [0, 0.1) is 17.8 Å². The summed E-state index contributed by atoms with van der Waals surface area (Å²) in [7, 11) is 0. The first-order valence-corrected chi connectivity index (χ1v) is 6.79. The van der Waals surface area contributed by atoms with Gasteiger partial charge in [0.1, 0.15) is 5.75 Å². The predicted octanol–water partition coefficient (Wildman–Crippen LogP) is 3.10. The van der Waals surface area contributed by atoms with Crippen LogP contribution >= 0.6 is 0 Å². The third-order valence-electron chi connectivity index (χ3n) is 3.98. The van der Waals surface area contributed by atoms with Crippen LogP contribution in [0.2, 0.25) is 0 Å². The van der Waals surface area contributed by atoms with Crippen LogP contribution in [0.4, 0.5) is 0 Å². The first-order chi connectivity index (χ1) is 8.63. The first-order valence-electron chi connectivity index (χ1n) is 6.79. The number of rotatable bonds is 4. The van der Waals surface area contributed by atoms with E-state index < -0.39 is 0 Å². The molecule has 3 heteroatoms. The standard InChI is InChI=1S/C15H19NO2/c1-9(2)18-14-6-13(7-16-8-14)15(17)12-4-10-3-11(10)5-12/h6-12H,3-5H2,1-2H3. The van der Waals surface area contributed by atoms with Crippen LogP contribution in [0.5, 0.6) is 5.75 Å². The van der Waals surface area contributed by atoms with E-state index in [-0.39, 0.29) is 17.8 Å². The molecule has 18 heavy (non-hydrogen) atoms. The molecule has 2 aliphatic carbocycles. The van der Waals surface area contributed by atoms with E-state index in [4.69, 9.17) is 4.74 Å². The Balaban J connectivity index is 1.72. The molecule has 2 unspecified atom stereocenters. The van der Waals surface area contributed by atoms with E-state index in [2.05, 4.69) is 4.98 Å². The molecule has 0 aliphatic heterocycles. The molecular weight excluding hydrogens is 226 g/mol. The Morgan fingerprint density at radius 2 is 2.00 bits per heavy atom. The minimum atomic E-state index is 0.108. The largest absolute Gasteiger partial charge is 0.489 e. The number of ether oxygens (including phenoxy) is 1. The monoisotopic (exact) mass is 245 g/mol. The molecule has 0 bridgehead atoms. The van der Waals surface area contributed by atoms with Crippen LogP contribution in [0.1, 0.15) is 43.5 Å². The highest BCUT2D eigenvalue weighted by Crippen LogP contribution is 2.54. The third-order valence-corrected chi connectivity index (χ3v) is 3.98. The Morgan fingerprint density at radius 3 is 2.67 bits per heavy atom. The predicted molar refractivity (Wildman–Crippen MR) is 68.7 cm³/mol. The maximum absolute atomic E-state index is 12.4. The molecule has 0 aromatic carbocycles. The van der Waals surface area contributed by atoms with Crippen molar-refractivity contribution in [2.75, 3.05) is 0 Å². The molecule has 2 atom stereocenters. The van der Waals surface area contributed by atoms with Gasteiger partial charge in [0.25, 0.3) is 0 Å². The molecule has 2 fully saturated rings. The van der Waals surface area contributed by atoms with Crippen LogP contribution in [-0.2, 0) is 0 Å². The summed E-state index contributed by atoms with van der Waals surface area (Å²) in [5, 5.41) is 0. The van der Waals surface area contributed by atoms with E-state index in [1.54, 1.807) is 12.4 Å². The summed E-state index contributed by atoms with van der Waals surface area (Å²) in [5.41, 5.74) is 0.708. The summed E-state index contributed by atoms with van der Waals surface area (Å²) in [6.45, 7) is 3.94. The highest BCUT2D eigenvalue weighted by Gasteiger charge is 2.48. The van der Waals surface area contributed by atoms with Gasteiger partial charge in [-0.25, -0.2) is 0 Å². The maximum Gasteiger partial charge on any atom is 0.167 e. The molecule has 1 aromatic heterocycles. The summed E-state index contributed by atoms with van der Waals surface area (Å²) in [6, 6.07) is 1.83. The van der Waals surface area contributed by atoms with Gasteiger partial charge in [0.15, 0.2) is 5.78 Å². The van der Waals surface area contributed by atoms with Crippen LogP contribution in [0.15, 0.2) is 18.5 Å².